The van der Waals surface area contributed by atoms with Crippen LogP contribution in [0.3, 0.4) is 0 Å². The Hall–Kier alpha value is -2.34. The molecule has 0 spiro atoms. The average Bonchev–Trinajstić information content (AvgIpc) is 2.46. The quantitative estimate of drug-likeness (QED) is 0.492. The summed E-state index contributed by atoms with van der Waals surface area (Å²) >= 11 is 0. The van der Waals surface area contributed by atoms with Crippen molar-refractivity contribution in [2.45, 2.75) is 23.8 Å². The van der Waals surface area contributed by atoms with Crippen LogP contribution in [0.25, 0.3) is 0 Å². The Labute approximate surface area is 124 Å². The number of aromatic nitrogens is 1. The zero-order chi connectivity index (χ0) is 15.4. The number of esters is 1. The number of benzene rings is 1. The van der Waals surface area contributed by atoms with E-state index in [0.29, 0.717) is 15.5 Å². The molecule has 1 heterocycles. The minimum atomic E-state index is -1.60. The second kappa shape index (κ2) is 6.41. The maximum atomic E-state index is 12.5. The van der Waals surface area contributed by atoms with Gasteiger partial charge in [0.1, 0.15) is 21.6 Å². The summed E-state index contributed by atoms with van der Waals surface area (Å²) in [6.45, 7) is 2.65. The maximum absolute atomic E-state index is 12.5. The predicted octanol–water partition coefficient (Wildman–Crippen LogP) is 2.38. The molecule has 0 fully saturated rings. The Bertz CT molecular complexity index is 713. The van der Waals surface area contributed by atoms with Crippen LogP contribution in [0, 0.1) is 0 Å². The fourth-order valence-electron chi connectivity index (χ4n) is 1.68. The van der Waals surface area contributed by atoms with Crippen LogP contribution in [0.4, 0.5) is 0 Å². The van der Waals surface area contributed by atoms with Gasteiger partial charge in [0.15, 0.2) is 5.78 Å². The first kappa shape index (κ1) is 15.1. The highest BCUT2D eigenvalue weighted by Gasteiger charge is 2.17. The molecule has 5 nitrogen and oxygen atoms in total. The van der Waals surface area contributed by atoms with Crippen molar-refractivity contribution in [2.24, 2.45) is 0 Å². The monoisotopic (exact) mass is 303 g/mol. The van der Waals surface area contributed by atoms with Gasteiger partial charge in [0, 0.05) is 18.7 Å². The van der Waals surface area contributed by atoms with Gasteiger partial charge in [0.05, 0.1) is 4.90 Å². The molecule has 1 aromatic carbocycles. The number of ether oxygens (including phenoxy) is 1. The van der Waals surface area contributed by atoms with Crippen molar-refractivity contribution in [3.8, 4) is 5.75 Å². The average molecular weight is 303 g/mol. The van der Waals surface area contributed by atoms with Crippen molar-refractivity contribution in [3.63, 3.8) is 0 Å². The van der Waals surface area contributed by atoms with Crippen LogP contribution < -0.4 is 4.74 Å². The topological polar surface area (TPSA) is 73.3 Å². The molecule has 0 saturated carbocycles. The fourth-order valence-corrected chi connectivity index (χ4v) is 2.74. The van der Waals surface area contributed by atoms with E-state index in [-0.39, 0.29) is 11.5 Å². The highest BCUT2D eigenvalue weighted by atomic mass is 32.2. The first-order chi connectivity index (χ1) is 9.99. The summed E-state index contributed by atoms with van der Waals surface area (Å²) in [5.74, 6) is -0.604. The van der Waals surface area contributed by atoms with Gasteiger partial charge in [-0.2, -0.15) is 0 Å². The molecule has 0 amide bonds. The lowest BCUT2D eigenvalue weighted by Crippen LogP contribution is -2.07. The molecule has 1 aromatic heterocycles. The van der Waals surface area contributed by atoms with E-state index in [0.717, 1.165) is 0 Å². The maximum Gasteiger partial charge on any atom is 0.308 e. The first-order valence-electron chi connectivity index (χ1n) is 6.15. The molecule has 0 aliphatic rings. The molecule has 0 saturated heterocycles. The molecular formula is C15H13NO4S. The van der Waals surface area contributed by atoms with Crippen molar-refractivity contribution in [1.29, 1.82) is 0 Å². The zero-order valence-electron chi connectivity index (χ0n) is 11.5. The van der Waals surface area contributed by atoms with Crippen LogP contribution in [0.15, 0.2) is 52.5 Å². The number of rotatable bonds is 4. The normalized spacial score (nSPS) is 11.7. The van der Waals surface area contributed by atoms with E-state index < -0.39 is 16.8 Å². The Morgan fingerprint density at radius 1 is 1.14 bits per heavy atom. The van der Waals surface area contributed by atoms with Crippen LogP contribution in [-0.4, -0.2) is 20.9 Å². The first-order valence-corrected chi connectivity index (χ1v) is 7.30. The summed E-state index contributed by atoms with van der Waals surface area (Å²) in [4.78, 5) is 26.9. The van der Waals surface area contributed by atoms with Crippen LogP contribution >= 0.6 is 0 Å². The summed E-state index contributed by atoms with van der Waals surface area (Å²) in [6.07, 6.45) is 1.53. The van der Waals surface area contributed by atoms with Gasteiger partial charge in [-0.05, 0) is 37.3 Å². The van der Waals surface area contributed by atoms with E-state index in [1.807, 2.05) is 0 Å². The van der Waals surface area contributed by atoms with Crippen molar-refractivity contribution in [1.82, 2.24) is 4.98 Å². The van der Waals surface area contributed by atoms with Crippen molar-refractivity contribution < 1.29 is 18.5 Å². The number of hydrogen-bond donors (Lipinski definition) is 0. The zero-order valence-corrected chi connectivity index (χ0v) is 12.3. The standard InChI is InChI=1S/C15H13NO4S/c1-10(17)12-6-7-14(13(9-12)20-11(2)18)21(19)15-5-3-4-8-16-15/h3-9H,1-2H3. The molecule has 0 N–H and O–H groups in total. The third kappa shape index (κ3) is 3.61. The van der Waals surface area contributed by atoms with Crippen molar-refractivity contribution >= 4 is 22.6 Å². The Balaban J connectivity index is 2.49. The predicted molar refractivity (Wildman–Crippen MR) is 76.7 cm³/mol. The molecule has 6 heteroatoms. The van der Waals surface area contributed by atoms with Crippen molar-refractivity contribution in [2.75, 3.05) is 0 Å². The van der Waals surface area contributed by atoms with Gasteiger partial charge in [0.2, 0.25) is 0 Å². The molecule has 0 bridgehead atoms. The minimum absolute atomic E-state index is 0.110. The van der Waals surface area contributed by atoms with E-state index in [4.69, 9.17) is 4.74 Å². The second-order valence-corrected chi connectivity index (χ2v) is 5.64. The van der Waals surface area contributed by atoms with Gasteiger partial charge in [0.25, 0.3) is 0 Å². The van der Waals surface area contributed by atoms with Crippen LogP contribution in [0.1, 0.15) is 24.2 Å². The van der Waals surface area contributed by atoms with Gasteiger partial charge < -0.3 is 4.74 Å². The summed E-state index contributed by atoms with van der Waals surface area (Å²) in [5.41, 5.74) is 0.382. The third-order valence-electron chi connectivity index (χ3n) is 2.63. The molecule has 2 aromatic rings. The lowest BCUT2D eigenvalue weighted by atomic mass is 10.1. The Morgan fingerprint density at radius 2 is 1.90 bits per heavy atom. The van der Waals surface area contributed by atoms with Crippen LogP contribution in [0.2, 0.25) is 0 Å². The lowest BCUT2D eigenvalue weighted by molar-refractivity contribution is -0.132. The van der Waals surface area contributed by atoms with E-state index >= 15 is 0 Å². The molecular weight excluding hydrogens is 290 g/mol. The number of carbonyl (C=O) groups is 2. The van der Waals surface area contributed by atoms with Gasteiger partial charge in [-0.1, -0.05) is 6.07 Å². The van der Waals surface area contributed by atoms with Gasteiger partial charge in [-0.15, -0.1) is 0 Å². The van der Waals surface area contributed by atoms with Crippen LogP contribution in [-0.2, 0) is 15.6 Å². The van der Waals surface area contributed by atoms with Gasteiger partial charge in [-0.3, -0.25) is 9.59 Å². The molecule has 0 aliphatic heterocycles. The van der Waals surface area contributed by atoms with E-state index in [9.17, 15) is 13.8 Å². The molecule has 0 radical (unpaired) electrons. The van der Waals surface area contributed by atoms with E-state index in [1.165, 1.54) is 32.2 Å². The highest BCUT2D eigenvalue weighted by molar-refractivity contribution is 7.85. The number of pyridine rings is 1. The van der Waals surface area contributed by atoms with E-state index in [1.54, 1.807) is 24.3 Å². The summed E-state index contributed by atoms with van der Waals surface area (Å²) in [6, 6.07) is 9.53. The lowest BCUT2D eigenvalue weighted by Gasteiger charge is -2.09. The molecule has 1 atom stereocenters. The fraction of sp³-hybridized carbons (Fsp3) is 0.133. The summed E-state index contributed by atoms with van der Waals surface area (Å²) in [5, 5.41) is 0.349. The van der Waals surface area contributed by atoms with Crippen LogP contribution in [0.5, 0.6) is 5.75 Å². The number of Topliss-reactive ketones (excluding diaryl/α,β-unsaturated/α-hetero) is 1. The number of ketones is 1. The molecule has 108 valence electrons. The van der Waals surface area contributed by atoms with Gasteiger partial charge in [-0.25, -0.2) is 9.19 Å². The highest BCUT2D eigenvalue weighted by Crippen LogP contribution is 2.27. The van der Waals surface area contributed by atoms with E-state index in [2.05, 4.69) is 4.98 Å². The van der Waals surface area contributed by atoms with Gasteiger partial charge >= 0.3 is 5.97 Å². The largest absolute Gasteiger partial charge is 0.425 e. The Morgan fingerprint density at radius 3 is 2.48 bits per heavy atom. The summed E-state index contributed by atoms with van der Waals surface area (Å²) < 4.78 is 17.6. The molecule has 2 rings (SSSR count). The number of hydrogen-bond acceptors (Lipinski definition) is 5. The number of nitrogens with zero attached hydrogens (tertiary/aromatic N) is 1. The van der Waals surface area contributed by atoms with Crippen molar-refractivity contribution in [3.05, 3.63) is 48.2 Å². The minimum Gasteiger partial charge on any atom is -0.425 e. The third-order valence-corrected chi connectivity index (χ3v) is 3.99. The second-order valence-electron chi connectivity index (χ2n) is 4.25. The molecule has 0 aliphatic carbocycles. The summed E-state index contributed by atoms with van der Waals surface area (Å²) in [7, 11) is -1.60. The number of carbonyl (C=O) groups excluding carboxylic acids is 2. The molecule has 1 unspecified atom stereocenters. The molecule has 21 heavy (non-hydrogen) atoms. The Kier molecular flexibility index (Phi) is 4.59. The smallest absolute Gasteiger partial charge is 0.308 e. The SMILES string of the molecule is CC(=O)Oc1cc(C(C)=O)ccc1S(=O)c1ccccn1.